The topological polar surface area (TPSA) is 93.3 Å². The van der Waals surface area contributed by atoms with Gasteiger partial charge in [0.2, 0.25) is 5.88 Å². The van der Waals surface area contributed by atoms with Crippen LogP contribution in [0.3, 0.4) is 0 Å². The maximum atomic E-state index is 8.73. The van der Waals surface area contributed by atoms with E-state index in [1.807, 2.05) is 0 Å². The van der Waals surface area contributed by atoms with E-state index in [-0.39, 0.29) is 12.7 Å². The molecule has 0 radical (unpaired) electrons. The summed E-state index contributed by atoms with van der Waals surface area (Å²) >= 11 is 0. The van der Waals surface area contributed by atoms with E-state index in [1.54, 1.807) is 6.07 Å². The number of hydrogen-bond donors (Lipinski definition) is 3. The number of anilines is 1. The first-order valence-corrected chi connectivity index (χ1v) is 6.37. The molecule has 6 heteroatoms. The smallest absolute Gasteiger partial charge is 0.218 e. The predicted molar refractivity (Wildman–Crippen MR) is 68.5 cm³/mol. The third-order valence-electron chi connectivity index (χ3n) is 3.07. The average molecular weight is 252 g/mol. The van der Waals surface area contributed by atoms with Crippen LogP contribution >= 0.6 is 0 Å². The zero-order valence-electron chi connectivity index (χ0n) is 10.4. The van der Waals surface area contributed by atoms with E-state index >= 15 is 0 Å². The summed E-state index contributed by atoms with van der Waals surface area (Å²) in [5.41, 5.74) is 5.85. The quantitative estimate of drug-likeness (QED) is 0.708. The highest BCUT2D eigenvalue weighted by molar-refractivity contribution is 5.36. The van der Waals surface area contributed by atoms with Crippen LogP contribution in [0.5, 0.6) is 5.88 Å². The van der Waals surface area contributed by atoms with Crippen molar-refractivity contribution in [2.75, 3.05) is 18.5 Å². The van der Waals surface area contributed by atoms with Crippen molar-refractivity contribution >= 4 is 5.82 Å². The highest BCUT2D eigenvalue weighted by Gasteiger charge is 2.20. The maximum Gasteiger partial charge on any atom is 0.218 e. The predicted octanol–water partition coefficient (Wildman–Crippen LogP) is 0.529. The summed E-state index contributed by atoms with van der Waals surface area (Å²) in [6.45, 7) is 0.537. The van der Waals surface area contributed by atoms with Crippen molar-refractivity contribution in [1.29, 1.82) is 0 Å². The van der Waals surface area contributed by atoms with Crippen LogP contribution in [0.4, 0.5) is 5.82 Å². The number of nitrogens with two attached hydrogens (primary N) is 1. The van der Waals surface area contributed by atoms with Crippen molar-refractivity contribution in [3.8, 4) is 5.88 Å². The van der Waals surface area contributed by atoms with Gasteiger partial charge in [-0.15, -0.1) is 0 Å². The fourth-order valence-corrected chi connectivity index (χ4v) is 2.06. The van der Waals surface area contributed by atoms with E-state index in [0.29, 0.717) is 24.3 Å². The Bertz CT molecular complexity index is 367. The highest BCUT2D eigenvalue weighted by atomic mass is 16.5. The first kappa shape index (κ1) is 13.0. The second-order valence-electron chi connectivity index (χ2n) is 4.55. The fraction of sp³-hybridized carbons (Fsp3) is 0.667. The van der Waals surface area contributed by atoms with E-state index in [2.05, 4.69) is 15.3 Å². The molecule has 1 saturated carbocycles. The summed E-state index contributed by atoms with van der Waals surface area (Å²) in [6, 6.07) is 2.07. The summed E-state index contributed by atoms with van der Waals surface area (Å²) in [7, 11) is 0. The molecule has 0 unspecified atom stereocenters. The van der Waals surface area contributed by atoms with Gasteiger partial charge in [0.15, 0.2) is 0 Å². The van der Waals surface area contributed by atoms with Crippen molar-refractivity contribution in [1.82, 2.24) is 9.97 Å². The van der Waals surface area contributed by atoms with Crippen molar-refractivity contribution in [3.63, 3.8) is 0 Å². The lowest BCUT2D eigenvalue weighted by atomic mass is 9.94. The van der Waals surface area contributed by atoms with Crippen LogP contribution in [0.15, 0.2) is 12.4 Å². The third kappa shape index (κ3) is 3.82. The van der Waals surface area contributed by atoms with Gasteiger partial charge in [0.25, 0.3) is 0 Å². The van der Waals surface area contributed by atoms with E-state index in [1.165, 1.54) is 6.33 Å². The highest BCUT2D eigenvalue weighted by Crippen LogP contribution is 2.22. The molecular weight excluding hydrogens is 232 g/mol. The van der Waals surface area contributed by atoms with Crippen LogP contribution in [0.25, 0.3) is 0 Å². The fourth-order valence-electron chi connectivity index (χ4n) is 2.06. The third-order valence-corrected chi connectivity index (χ3v) is 3.07. The second kappa shape index (κ2) is 6.51. The molecule has 0 bridgehead atoms. The number of ether oxygens (including phenoxy) is 1. The van der Waals surface area contributed by atoms with Gasteiger partial charge in [-0.25, -0.2) is 9.97 Å². The molecule has 1 heterocycles. The lowest BCUT2D eigenvalue weighted by Crippen LogP contribution is -2.31. The summed E-state index contributed by atoms with van der Waals surface area (Å²) in [5.74, 6) is 1.24. The van der Waals surface area contributed by atoms with Crippen molar-refractivity contribution < 1.29 is 9.84 Å². The number of aromatic nitrogens is 2. The van der Waals surface area contributed by atoms with Crippen LogP contribution in [0.2, 0.25) is 0 Å². The monoisotopic (exact) mass is 252 g/mol. The van der Waals surface area contributed by atoms with E-state index in [4.69, 9.17) is 15.6 Å². The molecule has 18 heavy (non-hydrogen) atoms. The van der Waals surface area contributed by atoms with Crippen molar-refractivity contribution in [2.45, 2.75) is 37.8 Å². The Hall–Kier alpha value is -1.40. The van der Waals surface area contributed by atoms with Crippen LogP contribution in [0, 0.1) is 0 Å². The molecular formula is C12H20N4O2. The van der Waals surface area contributed by atoms with Gasteiger partial charge in [-0.1, -0.05) is 0 Å². The number of hydrogen-bond acceptors (Lipinski definition) is 6. The van der Waals surface area contributed by atoms with E-state index in [9.17, 15) is 0 Å². The molecule has 100 valence electrons. The van der Waals surface area contributed by atoms with Gasteiger partial charge in [0, 0.05) is 18.7 Å². The first-order valence-electron chi connectivity index (χ1n) is 6.37. The summed E-state index contributed by atoms with van der Waals surface area (Å²) in [4.78, 5) is 8.14. The normalized spacial score (nSPS) is 23.7. The molecule has 0 saturated heterocycles. The SMILES string of the molecule is NC1CCC(Oc2cc(NCCO)ncn2)CC1. The van der Waals surface area contributed by atoms with Gasteiger partial charge in [0.05, 0.1) is 6.61 Å². The number of rotatable bonds is 5. The Labute approximate surface area is 107 Å². The van der Waals surface area contributed by atoms with Gasteiger partial charge in [-0.05, 0) is 25.7 Å². The Morgan fingerprint density at radius 3 is 2.83 bits per heavy atom. The van der Waals surface area contributed by atoms with Crippen molar-refractivity contribution in [2.24, 2.45) is 5.73 Å². The van der Waals surface area contributed by atoms with Gasteiger partial charge < -0.3 is 20.9 Å². The Morgan fingerprint density at radius 2 is 2.11 bits per heavy atom. The first-order chi connectivity index (χ1) is 8.78. The summed E-state index contributed by atoms with van der Waals surface area (Å²) in [5, 5.41) is 11.7. The molecule has 2 rings (SSSR count). The zero-order chi connectivity index (χ0) is 12.8. The molecule has 0 atom stereocenters. The van der Waals surface area contributed by atoms with E-state index in [0.717, 1.165) is 25.7 Å². The van der Waals surface area contributed by atoms with Gasteiger partial charge in [-0.2, -0.15) is 0 Å². The Morgan fingerprint density at radius 1 is 1.33 bits per heavy atom. The Balaban J connectivity index is 1.88. The lowest BCUT2D eigenvalue weighted by Gasteiger charge is -2.26. The number of aliphatic hydroxyl groups excluding tert-OH is 1. The van der Waals surface area contributed by atoms with Crippen LogP contribution in [-0.2, 0) is 0 Å². The standard InChI is InChI=1S/C12H20N4O2/c13-9-1-3-10(4-2-9)18-12-7-11(14-5-6-17)15-8-16-12/h7-10,17H,1-6,13H2,(H,14,15,16). The molecule has 1 aliphatic rings. The van der Waals surface area contributed by atoms with Crippen LogP contribution in [0.1, 0.15) is 25.7 Å². The van der Waals surface area contributed by atoms with Gasteiger partial charge in [0.1, 0.15) is 18.2 Å². The molecule has 1 aromatic rings. The minimum atomic E-state index is 0.0701. The minimum absolute atomic E-state index is 0.0701. The van der Waals surface area contributed by atoms with Crippen molar-refractivity contribution in [3.05, 3.63) is 12.4 Å². The largest absolute Gasteiger partial charge is 0.474 e. The molecule has 0 aliphatic heterocycles. The molecule has 1 aromatic heterocycles. The second-order valence-corrected chi connectivity index (χ2v) is 4.55. The number of nitrogens with one attached hydrogen (secondary N) is 1. The Kier molecular flexibility index (Phi) is 4.72. The molecule has 0 aromatic carbocycles. The van der Waals surface area contributed by atoms with E-state index < -0.39 is 0 Å². The molecule has 0 spiro atoms. The minimum Gasteiger partial charge on any atom is -0.474 e. The molecule has 4 N–H and O–H groups in total. The summed E-state index contributed by atoms with van der Waals surface area (Å²) < 4.78 is 5.82. The zero-order valence-corrected chi connectivity index (χ0v) is 10.4. The van der Waals surface area contributed by atoms with Crippen LogP contribution < -0.4 is 15.8 Å². The van der Waals surface area contributed by atoms with Gasteiger partial charge in [-0.3, -0.25) is 0 Å². The molecule has 6 nitrogen and oxygen atoms in total. The maximum absolute atomic E-state index is 8.73. The lowest BCUT2D eigenvalue weighted by molar-refractivity contribution is 0.141. The number of nitrogens with zero attached hydrogens (tertiary/aromatic N) is 2. The molecule has 1 aliphatic carbocycles. The van der Waals surface area contributed by atoms with Crippen LogP contribution in [-0.4, -0.2) is 40.4 Å². The van der Waals surface area contributed by atoms with Gasteiger partial charge >= 0.3 is 0 Å². The number of aliphatic hydroxyl groups is 1. The summed E-state index contributed by atoms with van der Waals surface area (Å²) in [6.07, 6.45) is 5.63. The average Bonchev–Trinajstić information content (AvgIpc) is 2.40. The molecule has 0 amide bonds. The molecule has 1 fully saturated rings.